The average molecular weight is 421 g/mol. The molecule has 0 aliphatic carbocycles. The zero-order valence-corrected chi connectivity index (χ0v) is 18.0. The van der Waals surface area contributed by atoms with Crippen molar-refractivity contribution in [2.24, 2.45) is 5.92 Å². The lowest BCUT2D eigenvalue weighted by atomic mass is 9.99. The van der Waals surface area contributed by atoms with Gasteiger partial charge in [-0.3, -0.25) is 0 Å². The largest absolute Gasteiger partial charge is 0.325 e. The summed E-state index contributed by atoms with van der Waals surface area (Å²) in [4.78, 5) is 24.6. The number of carbonyl (C=O) groups is 1. The van der Waals surface area contributed by atoms with Gasteiger partial charge in [-0.1, -0.05) is 55.5 Å². The minimum absolute atomic E-state index is 0.0403. The number of piperidine rings is 1. The van der Waals surface area contributed by atoms with E-state index in [2.05, 4.69) is 48.6 Å². The number of aromatic nitrogens is 2. The molecule has 0 saturated carbocycles. The second-order valence-electron chi connectivity index (χ2n) is 8.82. The Kier molecular flexibility index (Phi) is 4.42. The fourth-order valence-corrected chi connectivity index (χ4v) is 4.77. The van der Waals surface area contributed by atoms with Crippen molar-refractivity contribution in [3.63, 3.8) is 0 Å². The van der Waals surface area contributed by atoms with Crippen LogP contribution in [0.5, 0.6) is 0 Å². The number of amides is 2. The molecular formula is C27H24N4O. The summed E-state index contributed by atoms with van der Waals surface area (Å²) in [6.07, 6.45) is 2.12. The number of anilines is 1. The van der Waals surface area contributed by atoms with Gasteiger partial charge in [-0.25, -0.2) is 14.8 Å². The van der Waals surface area contributed by atoms with Crippen LogP contribution in [0.1, 0.15) is 19.8 Å². The van der Waals surface area contributed by atoms with Gasteiger partial charge < -0.3 is 10.2 Å². The van der Waals surface area contributed by atoms with Crippen molar-refractivity contribution in [1.29, 1.82) is 0 Å². The average Bonchev–Trinajstić information content (AvgIpc) is 2.83. The number of hydrogen-bond donors (Lipinski definition) is 1. The highest BCUT2D eigenvalue weighted by molar-refractivity contribution is 6.23. The topological polar surface area (TPSA) is 58.1 Å². The molecule has 1 fully saturated rings. The molecule has 0 unspecified atom stereocenters. The number of benzene rings is 4. The van der Waals surface area contributed by atoms with Crippen LogP contribution in [0.4, 0.5) is 10.5 Å². The zero-order chi connectivity index (χ0) is 21.7. The molecule has 2 heterocycles. The van der Waals surface area contributed by atoms with Crippen LogP contribution < -0.4 is 5.32 Å². The Morgan fingerprint density at radius 2 is 1.38 bits per heavy atom. The van der Waals surface area contributed by atoms with E-state index in [4.69, 9.17) is 9.97 Å². The lowest BCUT2D eigenvalue weighted by molar-refractivity contribution is 0.186. The molecule has 5 nitrogen and oxygen atoms in total. The number of likely N-dealkylation sites (tertiary alicyclic amines) is 1. The molecule has 0 radical (unpaired) electrons. The Bertz CT molecular complexity index is 1500. The fourth-order valence-electron chi connectivity index (χ4n) is 4.77. The van der Waals surface area contributed by atoms with E-state index in [0.717, 1.165) is 64.5 Å². The molecule has 1 saturated heterocycles. The summed E-state index contributed by atoms with van der Waals surface area (Å²) < 4.78 is 0. The summed E-state index contributed by atoms with van der Waals surface area (Å²) in [5.41, 5.74) is 4.15. The second kappa shape index (κ2) is 7.45. The maximum absolute atomic E-state index is 12.7. The molecule has 1 N–H and O–H groups in total. The number of carbonyl (C=O) groups excluding carboxylic acids is 1. The van der Waals surface area contributed by atoms with E-state index in [1.165, 1.54) is 10.8 Å². The summed E-state index contributed by atoms with van der Waals surface area (Å²) in [5, 5.41) is 7.61. The molecule has 0 bridgehead atoms. The highest BCUT2D eigenvalue weighted by atomic mass is 16.2. The Morgan fingerprint density at radius 3 is 2.00 bits per heavy atom. The maximum Gasteiger partial charge on any atom is 0.321 e. The van der Waals surface area contributed by atoms with Crippen molar-refractivity contribution in [2.45, 2.75) is 19.8 Å². The van der Waals surface area contributed by atoms with Gasteiger partial charge in [0, 0.05) is 29.5 Å². The van der Waals surface area contributed by atoms with Gasteiger partial charge in [-0.2, -0.15) is 0 Å². The van der Waals surface area contributed by atoms with E-state index in [1.807, 2.05) is 35.2 Å². The fraction of sp³-hybridized carbons (Fsp3) is 0.222. The van der Waals surface area contributed by atoms with Crippen LogP contribution in [-0.2, 0) is 0 Å². The van der Waals surface area contributed by atoms with Gasteiger partial charge in [0.05, 0.1) is 22.1 Å². The van der Waals surface area contributed by atoms with Crippen LogP contribution in [0.25, 0.3) is 43.6 Å². The molecule has 5 aromatic rings. The van der Waals surface area contributed by atoms with Crippen LogP contribution in [0.3, 0.4) is 0 Å². The van der Waals surface area contributed by atoms with Crippen molar-refractivity contribution in [3.8, 4) is 0 Å². The summed E-state index contributed by atoms with van der Waals surface area (Å²) in [7, 11) is 0. The molecule has 1 aliphatic heterocycles. The summed E-state index contributed by atoms with van der Waals surface area (Å²) in [6, 6.07) is 22.4. The van der Waals surface area contributed by atoms with Crippen molar-refractivity contribution < 1.29 is 4.79 Å². The third-order valence-corrected chi connectivity index (χ3v) is 6.64. The SMILES string of the molecule is CC1CCN(C(=O)Nc2ccc3nc4c5ccccc5c5ccccc5c4nc3c2)CC1. The highest BCUT2D eigenvalue weighted by Gasteiger charge is 2.20. The number of urea groups is 1. The minimum Gasteiger partial charge on any atom is -0.325 e. The van der Waals surface area contributed by atoms with E-state index in [1.54, 1.807) is 0 Å². The molecule has 6 rings (SSSR count). The van der Waals surface area contributed by atoms with Crippen molar-refractivity contribution in [1.82, 2.24) is 14.9 Å². The van der Waals surface area contributed by atoms with Gasteiger partial charge >= 0.3 is 6.03 Å². The summed E-state index contributed by atoms with van der Waals surface area (Å²) in [6.45, 7) is 3.86. The van der Waals surface area contributed by atoms with Crippen LogP contribution in [0.15, 0.2) is 66.7 Å². The molecule has 0 spiro atoms. The predicted molar refractivity (Wildman–Crippen MR) is 131 cm³/mol. The van der Waals surface area contributed by atoms with Crippen molar-refractivity contribution in [2.75, 3.05) is 18.4 Å². The molecule has 2 amide bonds. The summed E-state index contributed by atoms with van der Waals surface area (Å²) in [5.74, 6) is 0.689. The molecule has 1 aliphatic rings. The standard InChI is InChI=1S/C27H24N4O/c1-17-12-14-31(15-13-17)27(32)28-18-10-11-23-24(16-18)30-26-22-9-5-3-7-20(22)19-6-2-4-8-21(19)25(26)29-23/h2-11,16-17H,12-15H2,1H3,(H,28,32). The molecular weight excluding hydrogens is 396 g/mol. The van der Waals surface area contributed by atoms with Gasteiger partial charge in [-0.15, -0.1) is 0 Å². The van der Waals surface area contributed by atoms with Gasteiger partial charge in [-0.05, 0) is 47.7 Å². The molecule has 4 aromatic carbocycles. The first kappa shape index (κ1) is 19.0. The maximum atomic E-state index is 12.7. The number of rotatable bonds is 1. The molecule has 5 heteroatoms. The van der Waals surface area contributed by atoms with E-state index >= 15 is 0 Å². The Morgan fingerprint density at radius 1 is 0.812 bits per heavy atom. The number of fused-ring (bicyclic) bond motifs is 7. The van der Waals surface area contributed by atoms with Crippen molar-refractivity contribution >= 4 is 55.3 Å². The normalized spacial score (nSPS) is 15.1. The molecule has 32 heavy (non-hydrogen) atoms. The van der Waals surface area contributed by atoms with Gasteiger partial charge in [0.2, 0.25) is 0 Å². The number of nitrogens with one attached hydrogen (secondary N) is 1. The van der Waals surface area contributed by atoms with Gasteiger partial charge in [0.15, 0.2) is 0 Å². The van der Waals surface area contributed by atoms with Crippen molar-refractivity contribution in [3.05, 3.63) is 66.7 Å². The van der Waals surface area contributed by atoms with E-state index in [0.29, 0.717) is 5.92 Å². The lowest BCUT2D eigenvalue weighted by Crippen LogP contribution is -2.40. The first-order valence-corrected chi connectivity index (χ1v) is 11.2. The third kappa shape index (κ3) is 3.12. The third-order valence-electron chi connectivity index (χ3n) is 6.64. The number of nitrogens with zero attached hydrogens (tertiary/aromatic N) is 3. The predicted octanol–water partition coefficient (Wildman–Crippen LogP) is 6.35. The van der Waals surface area contributed by atoms with Crippen LogP contribution in [0, 0.1) is 5.92 Å². The van der Waals surface area contributed by atoms with Crippen LogP contribution in [-0.4, -0.2) is 34.0 Å². The first-order chi connectivity index (χ1) is 15.7. The molecule has 1 aromatic heterocycles. The first-order valence-electron chi connectivity index (χ1n) is 11.2. The van der Waals surface area contributed by atoms with Gasteiger partial charge in [0.25, 0.3) is 0 Å². The monoisotopic (exact) mass is 420 g/mol. The van der Waals surface area contributed by atoms with Gasteiger partial charge in [0.1, 0.15) is 0 Å². The Hall–Kier alpha value is -3.73. The number of hydrogen-bond acceptors (Lipinski definition) is 3. The van der Waals surface area contributed by atoms with Crippen LogP contribution >= 0.6 is 0 Å². The van der Waals surface area contributed by atoms with E-state index in [9.17, 15) is 4.79 Å². The minimum atomic E-state index is -0.0403. The molecule has 0 atom stereocenters. The smallest absolute Gasteiger partial charge is 0.321 e. The highest BCUT2D eigenvalue weighted by Crippen LogP contribution is 2.34. The molecule has 158 valence electrons. The Labute approximate surface area is 186 Å². The van der Waals surface area contributed by atoms with E-state index < -0.39 is 0 Å². The quantitative estimate of drug-likeness (QED) is 0.254. The lowest BCUT2D eigenvalue weighted by Gasteiger charge is -2.30. The summed E-state index contributed by atoms with van der Waals surface area (Å²) >= 11 is 0. The zero-order valence-electron chi connectivity index (χ0n) is 18.0. The van der Waals surface area contributed by atoms with Crippen LogP contribution in [0.2, 0.25) is 0 Å². The van der Waals surface area contributed by atoms with E-state index in [-0.39, 0.29) is 6.03 Å². The second-order valence-corrected chi connectivity index (χ2v) is 8.82. The Balaban J connectivity index is 1.46.